The second-order valence-corrected chi connectivity index (χ2v) is 6.86. The molecule has 3 rings (SSSR count). The number of nitrogens with one attached hydrogen (secondary N) is 1. The molecule has 1 unspecified atom stereocenters. The van der Waals surface area contributed by atoms with Gasteiger partial charge in [-0.3, -0.25) is 0 Å². The zero-order valence-corrected chi connectivity index (χ0v) is 14.6. The summed E-state index contributed by atoms with van der Waals surface area (Å²) in [6.07, 6.45) is 0. The van der Waals surface area contributed by atoms with Crippen molar-refractivity contribution in [1.29, 1.82) is 0 Å². The van der Waals surface area contributed by atoms with Gasteiger partial charge >= 0.3 is 6.03 Å². The Kier molecular flexibility index (Phi) is 4.04. The maximum atomic E-state index is 11.6. The van der Waals surface area contributed by atoms with E-state index in [1.54, 1.807) is 11.9 Å². The largest absolute Gasteiger partial charge is 0.323 e. The summed E-state index contributed by atoms with van der Waals surface area (Å²) in [4.78, 5) is 13.4. The molecule has 21 heavy (non-hydrogen) atoms. The second-order valence-electron chi connectivity index (χ2n) is 5.09. The van der Waals surface area contributed by atoms with Gasteiger partial charge in [0.1, 0.15) is 0 Å². The van der Waals surface area contributed by atoms with Crippen LogP contribution in [0.5, 0.6) is 0 Å². The van der Waals surface area contributed by atoms with Gasteiger partial charge in [-0.15, -0.1) is 0 Å². The molecule has 0 spiro atoms. The van der Waals surface area contributed by atoms with Crippen molar-refractivity contribution in [2.45, 2.75) is 11.4 Å². The molecule has 2 aromatic carbocycles. The Morgan fingerprint density at radius 3 is 2.76 bits per heavy atom. The molecule has 2 amide bonds. The van der Waals surface area contributed by atoms with E-state index in [1.165, 1.54) is 11.1 Å². The lowest BCUT2D eigenvalue weighted by molar-refractivity contribution is 0.218. The smallest absolute Gasteiger partial charge is 0.321 e. The van der Waals surface area contributed by atoms with Crippen LogP contribution in [0.4, 0.5) is 10.5 Å². The first-order valence-electron chi connectivity index (χ1n) is 6.59. The van der Waals surface area contributed by atoms with Crippen LogP contribution in [-0.4, -0.2) is 18.0 Å². The van der Waals surface area contributed by atoms with Gasteiger partial charge < -0.3 is 10.2 Å². The van der Waals surface area contributed by atoms with Gasteiger partial charge in [0.25, 0.3) is 0 Å². The fourth-order valence-corrected chi connectivity index (χ4v) is 3.93. The van der Waals surface area contributed by atoms with Crippen LogP contribution in [0.1, 0.15) is 21.5 Å². The minimum Gasteiger partial charge on any atom is -0.323 e. The molecule has 1 atom stereocenters. The standard InChI is InChI=1S/C16H14Br2N2O/c1-20-9-11-8-10(6-7-14(11)19-16(20)21)15(18)12-4-2-3-5-13(12)17/h2-8,15H,9H2,1H3,(H,19,21). The third-order valence-corrected chi connectivity index (χ3v) is 5.34. The quantitative estimate of drug-likeness (QED) is 0.702. The molecule has 2 aromatic rings. The molecule has 1 aliphatic heterocycles. The zero-order valence-electron chi connectivity index (χ0n) is 11.4. The lowest BCUT2D eigenvalue weighted by Gasteiger charge is -2.27. The van der Waals surface area contributed by atoms with E-state index >= 15 is 0 Å². The summed E-state index contributed by atoms with van der Waals surface area (Å²) in [5.74, 6) is 0. The van der Waals surface area contributed by atoms with E-state index in [1.807, 2.05) is 30.3 Å². The van der Waals surface area contributed by atoms with Crippen molar-refractivity contribution >= 4 is 43.6 Å². The number of anilines is 1. The van der Waals surface area contributed by atoms with Gasteiger partial charge in [0.2, 0.25) is 0 Å². The van der Waals surface area contributed by atoms with E-state index < -0.39 is 0 Å². The first-order chi connectivity index (χ1) is 10.1. The third-order valence-electron chi connectivity index (χ3n) is 3.60. The Labute approximate surface area is 140 Å². The van der Waals surface area contributed by atoms with E-state index in [9.17, 15) is 4.79 Å². The summed E-state index contributed by atoms with van der Waals surface area (Å²) >= 11 is 7.36. The highest BCUT2D eigenvalue weighted by molar-refractivity contribution is 9.11. The van der Waals surface area contributed by atoms with E-state index in [-0.39, 0.29) is 10.9 Å². The Hall–Kier alpha value is -1.33. The van der Waals surface area contributed by atoms with Gasteiger partial charge in [-0.25, -0.2) is 4.79 Å². The van der Waals surface area contributed by atoms with Crippen molar-refractivity contribution < 1.29 is 4.79 Å². The first-order valence-corrected chi connectivity index (χ1v) is 8.30. The van der Waals surface area contributed by atoms with Crippen LogP contribution in [0.15, 0.2) is 46.9 Å². The number of hydrogen-bond donors (Lipinski definition) is 1. The molecular weight excluding hydrogens is 396 g/mol. The van der Waals surface area contributed by atoms with E-state index in [2.05, 4.69) is 49.3 Å². The minimum absolute atomic E-state index is 0.0588. The summed E-state index contributed by atoms with van der Waals surface area (Å²) < 4.78 is 1.08. The molecule has 0 radical (unpaired) electrons. The Morgan fingerprint density at radius 1 is 1.24 bits per heavy atom. The van der Waals surface area contributed by atoms with Gasteiger partial charge in [-0.1, -0.05) is 62.2 Å². The zero-order chi connectivity index (χ0) is 15.0. The predicted octanol–water partition coefficient (Wildman–Crippen LogP) is 4.91. The van der Waals surface area contributed by atoms with Crippen LogP contribution in [0.25, 0.3) is 0 Å². The normalized spacial score (nSPS) is 15.4. The fraction of sp³-hybridized carbons (Fsp3) is 0.188. The molecule has 1 heterocycles. The number of nitrogens with zero attached hydrogens (tertiary/aromatic N) is 1. The van der Waals surface area contributed by atoms with Crippen LogP contribution in [0, 0.1) is 0 Å². The number of carbonyl (C=O) groups is 1. The fourth-order valence-electron chi connectivity index (χ4n) is 2.42. The maximum Gasteiger partial charge on any atom is 0.321 e. The van der Waals surface area contributed by atoms with Gasteiger partial charge in [0.05, 0.1) is 4.83 Å². The van der Waals surface area contributed by atoms with Gasteiger partial charge in [-0.05, 0) is 28.8 Å². The molecular formula is C16H14Br2N2O. The van der Waals surface area contributed by atoms with Gasteiger partial charge in [0.15, 0.2) is 0 Å². The van der Waals surface area contributed by atoms with Crippen molar-refractivity contribution in [3.05, 3.63) is 63.6 Å². The van der Waals surface area contributed by atoms with Crippen LogP contribution < -0.4 is 5.32 Å². The summed E-state index contributed by atoms with van der Waals surface area (Å²) in [6.45, 7) is 0.630. The first kappa shape index (κ1) is 14.6. The Morgan fingerprint density at radius 2 is 2.00 bits per heavy atom. The van der Waals surface area contributed by atoms with Gasteiger partial charge in [0, 0.05) is 23.8 Å². The number of amides is 2. The summed E-state index contributed by atoms with van der Waals surface area (Å²) in [6, 6.07) is 14.3. The Balaban J connectivity index is 1.96. The maximum absolute atomic E-state index is 11.6. The van der Waals surface area contributed by atoms with Gasteiger partial charge in [-0.2, -0.15) is 0 Å². The van der Waals surface area contributed by atoms with Crippen molar-refractivity contribution in [2.24, 2.45) is 0 Å². The number of halogens is 2. The highest BCUT2D eigenvalue weighted by atomic mass is 79.9. The monoisotopic (exact) mass is 408 g/mol. The summed E-state index contributed by atoms with van der Waals surface area (Å²) in [5, 5.41) is 2.89. The lowest BCUT2D eigenvalue weighted by Crippen LogP contribution is -2.35. The van der Waals surface area contributed by atoms with Crippen LogP contribution in [0.3, 0.4) is 0 Å². The van der Waals surface area contributed by atoms with Crippen molar-refractivity contribution in [3.8, 4) is 0 Å². The lowest BCUT2D eigenvalue weighted by atomic mass is 10.0. The molecule has 0 fully saturated rings. The Bertz CT molecular complexity index is 702. The summed E-state index contributed by atoms with van der Waals surface area (Å²) in [5.41, 5.74) is 4.38. The van der Waals surface area contributed by atoms with Crippen molar-refractivity contribution in [2.75, 3.05) is 12.4 Å². The average molecular weight is 410 g/mol. The number of hydrogen-bond acceptors (Lipinski definition) is 1. The molecule has 0 aromatic heterocycles. The molecule has 1 aliphatic rings. The molecule has 5 heteroatoms. The number of alkyl halides is 1. The number of carbonyl (C=O) groups excluding carboxylic acids is 1. The highest BCUT2D eigenvalue weighted by Gasteiger charge is 2.21. The predicted molar refractivity (Wildman–Crippen MR) is 91.8 cm³/mol. The number of fused-ring (bicyclic) bond motifs is 1. The number of benzene rings is 2. The SMILES string of the molecule is CN1Cc2cc(C(Br)c3ccccc3Br)ccc2NC1=O. The van der Waals surface area contributed by atoms with Crippen molar-refractivity contribution in [1.82, 2.24) is 4.90 Å². The van der Waals surface area contributed by atoms with E-state index in [0.717, 1.165) is 15.7 Å². The molecule has 0 bridgehead atoms. The van der Waals surface area contributed by atoms with E-state index in [0.29, 0.717) is 6.54 Å². The molecule has 0 aliphatic carbocycles. The topological polar surface area (TPSA) is 32.3 Å². The van der Waals surface area contributed by atoms with Crippen LogP contribution in [0.2, 0.25) is 0 Å². The molecule has 0 saturated heterocycles. The van der Waals surface area contributed by atoms with Crippen molar-refractivity contribution in [3.63, 3.8) is 0 Å². The molecule has 1 N–H and O–H groups in total. The van der Waals surface area contributed by atoms with E-state index in [4.69, 9.17) is 0 Å². The number of urea groups is 1. The highest BCUT2D eigenvalue weighted by Crippen LogP contribution is 2.37. The third kappa shape index (κ3) is 2.85. The van der Waals surface area contributed by atoms with Crippen LogP contribution in [-0.2, 0) is 6.54 Å². The molecule has 108 valence electrons. The second kappa shape index (κ2) is 5.81. The molecule has 3 nitrogen and oxygen atoms in total. The summed E-state index contributed by atoms with van der Waals surface area (Å²) in [7, 11) is 1.80. The molecule has 0 saturated carbocycles. The van der Waals surface area contributed by atoms with Crippen LogP contribution >= 0.6 is 31.9 Å². The minimum atomic E-state index is -0.0588. The average Bonchev–Trinajstić information content (AvgIpc) is 2.48. The number of rotatable bonds is 2.